The van der Waals surface area contributed by atoms with Crippen LogP contribution in [0.1, 0.15) is 30.1 Å². The highest BCUT2D eigenvalue weighted by atomic mass is 35.5. The van der Waals surface area contributed by atoms with Crippen LogP contribution in [0.3, 0.4) is 0 Å². The summed E-state index contributed by atoms with van der Waals surface area (Å²) in [6.45, 7) is 2.99. The molecule has 29 heavy (non-hydrogen) atoms. The summed E-state index contributed by atoms with van der Waals surface area (Å²) in [5.74, 6) is -0.130. The molecule has 0 saturated carbocycles. The SMILES string of the molecule is CC1CCN(S(=O)(=O)c2cccc(C(=O)Nc3cc([N+](=O)[O-])ccc3Cl)c2)CC1. The van der Waals surface area contributed by atoms with Crippen molar-refractivity contribution in [2.75, 3.05) is 18.4 Å². The lowest BCUT2D eigenvalue weighted by molar-refractivity contribution is -0.384. The molecule has 0 radical (unpaired) electrons. The number of hydrogen-bond acceptors (Lipinski definition) is 5. The Morgan fingerprint density at radius 1 is 1.21 bits per heavy atom. The Hall–Kier alpha value is -2.49. The van der Waals surface area contributed by atoms with Gasteiger partial charge in [-0.1, -0.05) is 24.6 Å². The number of nitro benzene ring substituents is 1. The zero-order valence-corrected chi connectivity index (χ0v) is 17.2. The number of carbonyl (C=O) groups excluding carboxylic acids is 1. The van der Waals surface area contributed by atoms with Crippen molar-refractivity contribution in [3.8, 4) is 0 Å². The van der Waals surface area contributed by atoms with E-state index >= 15 is 0 Å². The normalized spacial score (nSPS) is 15.8. The maximum atomic E-state index is 12.9. The number of piperidine rings is 1. The molecule has 1 fully saturated rings. The van der Waals surface area contributed by atoms with Crippen molar-refractivity contribution >= 4 is 38.9 Å². The van der Waals surface area contributed by atoms with Gasteiger partial charge >= 0.3 is 0 Å². The Morgan fingerprint density at radius 3 is 2.55 bits per heavy atom. The van der Waals surface area contributed by atoms with Crippen molar-refractivity contribution in [1.29, 1.82) is 0 Å². The average molecular weight is 438 g/mol. The fraction of sp³-hybridized carbons (Fsp3) is 0.316. The highest BCUT2D eigenvalue weighted by Crippen LogP contribution is 2.28. The Balaban J connectivity index is 1.83. The lowest BCUT2D eigenvalue weighted by Crippen LogP contribution is -2.37. The first kappa shape index (κ1) is 21.2. The Morgan fingerprint density at radius 2 is 1.90 bits per heavy atom. The van der Waals surface area contributed by atoms with E-state index in [0.717, 1.165) is 18.9 Å². The smallest absolute Gasteiger partial charge is 0.271 e. The monoisotopic (exact) mass is 437 g/mol. The number of nitro groups is 1. The molecular formula is C19H20ClN3O5S. The van der Waals surface area contributed by atoms with E-state index in [0.29, 0.717) is 19.0 Å². The summed E-state index contributed by atoms with van der Waals surface area (Å²) in [5, 5.41) is 13.6. The standard InChI is InChI=1S/C19H20ClN3O5S/c1-13-7-9-22(10-8-13)29(27,28)16-4-2-3-14(11-16)19(24)21-18-12-15(23(25)26)5-6-17(18)20/h2-6,11-13H,7-10H2,1H3,(H,21,24). The second-order valence-electron chi connectivity index (χ2n) is 6.99. The summed E-state index contributed by atoms with van der Waals surface area (Å²) in [6.07, 6.45) is 1.59. The fourth-order valence-electron chi connectivity index (χ4n) is 3.09. The first-order valence-corrected chi connectivity index (χ1v) is 10.9. The number of sulfonamides is 1. The second kappa shape index (κ2) is 8.48. The highest BCUT2D eigenvalue weighted by Gasteiger charge is 2.28. The average Bonchev–Trinajstić information content (AvgIpc) is 2.70. The molecular weight excluding hydrogens is 418 g/mol. The maximum Gasteiger partial charge on any atom is 0.271 e. The summed E-state index contributed by atoms with van der Waals surface area (Å²) >= 11 is 6.01. The van der Waals surface area contributed by atoms with Crippen molar-refractivity contribution < 1.29 is 18.1 Å². The van der Waals surface area contributed by atoms with E-state index in [9.17, 15) is 23.3 Å². The van der Waals surface area contributed by atoms with Gasteiger partial charge in [-0.15, -0.1) is 0 Å². The summed E-state index contributed by atoms with van der Waals surface area (Å²) < 4.78 is 27.2. The van der Waals surface area contributed by atoms with Gasteiger partial charge in [-0.2, -0.15) is 4.31 Å². The van der Waals surface area contributed by atoms with Crippen molar-refractivity contribution in [1.82, 2.24) is 4.31 Å². The lowest BCUT2D eigenvalue weighted by atomic mass is 10.0. The molecule has 154 valence electrons. The molecule has 0 aromatic heterocycles. The largest absolute Gasteiger partial charge is 0.320 e. The lowest BCUT2D eigenvalue weighted by Gasteiger charge is -2.29. The summed E-state index contributed by atoms with van der Waals surface area (Å²) in [7, 11) is -3.70. The molecule has 8 nitrogen and oxygen atoms in total. The van der Waals surface area contributed by atoms with Gasteiger partial charge in [0, 0.05) is 30.8 Å². The number of amides is 1. The number of halogens is 1. The van der Waals surface area contributed by atoms with Crippen LogP contribution in [0.25, 0.3) is 0 Å². The van der Waals surface area contributed by atoms with Crippen LogP contribution >= 0.6 is 11.6 Å². The number of nitrogens with zero attached hydrogens (tertiary/aromatic N) is 2. The van der Waals surface area contributed by atoms with Crippen LogP contribution in [-0.4, -0.2) is 36.6 Å². The van der Waals surface area contributed by atoms with Gasteiger partial charge in [-0.3, -0.25) is 14.9 Å². The number of carbonyl (C=O) groups is 1. The van der Waals surface area contributed by atoms with E-state index in [2.05, 4.69) is 12.2 Å². The van der Waals surface area contributed by atoms with Crippen LogP contribution in [-0.2, 0) is 10.0 Å². The van der Waals surface area contributed by atoms with Gasteiger partial charge in [0.25, 0.3) is 11.6 Å². The van der Waals surface area contributed by atoms with Gasteiger partial charge in [-0.25, -0.2) is 8.42 Å². The number of non-ortho nitro benzene ring substituents is 1. The predicted octanol–water partition coefficient (Wildman–Crippen LogP) is 3.92. The van der Waals surface area contributed by atoms with Gasteiger partial charge in [0.15, 0.2) is 0 Å². The molecule has 0 spiro atoms. The second-order valence-corrected chi connectivity index (χ2v) is 9.33. The minimum absolute atomic E-state index is 0.0323. The maximum absolute atomic E-state index is 12.9. The summed E-state index contributed by atoms with van der Waals surface area (Å²) in [6, 6.07) is 9.40. The quantitative estimate of drug-likeness (QED) is 0.563. The van der Waals surface area contributed by atoms with Crippen molar-refractivity contribution in [3.63, 3.8) is 0 Å². The third kappa shape index (κ3) is 4.75. The zero-order chi connectivity index (χ0) is 21.2. The molecule has 3 rings (SSSR count). The van der Waals surface area contributed by atoms with Gasteiger partial charge in [0.1, 0.15) is 0 Å². The van der Waals surface area contributed by atoms with Gasteiger partial charge in [0.2, 0.25) is 10.0 Å². The molecule has 0 aliphatic carbocycles. The molecule has 1 heterocycles. The fourth-order valence-corrected chi connectivity index (χ4v) is 4.77. The number of rotatable bonds is 5. The third-order valence-corrected chi connectivity index (χ3v) is 7.11. The Kier molecular flexibility index (Phi) is 6.21. The third-order valence-electron chi connectivity index (χ3n) is 4.89. The van der Waals surface area contributed by atoms with Crippen LogP contribution in [0.5, 0.6) is 0 Å². The van der Waals surface area contributed by atoms with Crippen LogP contribution in [0.2, 0.25) is 5.02 Å². The van der Waals surface area contributed by atoms with Crippen molar-refractivity contribution in [2.45, 2.75) is 24.7 Å². The minimum Gasteiger partial charge on any atom is -0.320 e. The van der Waals surface area contributed by atoms with E-state index in [4.69, 9.17) is 11.6 Å². The first-order valence-electron chi connectivity index (χ1n) is 9.04. The number of nitrogens with one attached hydrogen (secondary N) is 1. The first-order chi connectivity index (χ1) is 13.7. The topological polar surface area (TPSA) is 110 Å². The van der Waals surface area contributed by atoms with E-state index in [1.165, 1.54) is 40.7 Å². The van der Waals surface area contributed by atoms with Crippen molar-refractivity contribution in [3.05, 3.63) is 63.2 Å². The number of anilines is 1. The van der Waals surface area contributed by atoms with Crippen LogP contribution in [0.4, 0.5) is 11.4 Å². The molecule has 1 amide bonds. The van der Waals surface area contributed by atoms with Gasteiger partial charge in [0.05, 0.1) is 20.5 Å². The van der Waals surface area contributed by atoms with Gasteiger partial charge in [-0.05, 0) is 43.0 Å². The molecule has 1 N–H and O–H groups in total. The van der Waals surface area contributed by atoms with E-state index in [1.807, 2.05) is 0 Å². The van der Waals surface area contributed by atoms with Crippen molar-refractivity contribution in [2.24, 2.45) is 5.92 Å². The molecule has 1 aliphatic rings. The molecule has 2 aromatic rings. The summed E-state index contributed by atoms with van der Waals surface area (Å²) in [5.41, 5.74) is -0.0384. The molecule has 2 aromatic carbocycles. The van der Waals surface area contributed by atoms with Crippen LogP contribution in [0, 0.1) is 16.0 Å². The molecule has 0 bridgehead atoms. The molecule has 1 saturated heterocycles. The van der Waals surface area contributed by atoms with E-state index < -0.39 is 20.9 Å². The van der Waals surface area contributed by atoms with E-state index in [1.54, 1.807) is 0 Å². The Labute approximate surface area is 173 Å². The van der Waals surface area contributed by atoms with Crippen LogP contribution < -0.4 is 5.32 Å². The Bertz CT molecular complexity index is 1050. The van der Waals surface area contributed by atoms with E-state index in [-0.39, 0.29) is 26.9 Å². The minimum atomic E-state index is -3.70. The van der Waals surface area contributed by atoms with Gasteiger partial charge < -0.3 is 5.32 Å². The predicted molar refractivity (Wildman–Crippen MR) is 110 cm³/mol. The molecule has 0 unspecified atom stereocenters. The number of benzene rings is 2. The molecule has 0 atom stereocenters. The molecule has 10 heteroatoms. The van der Waals surface area contributed by atoms with Crippen LogP contribution in [0.15, 0.2) is 47.4 Å². The highest BCUT2D eigenvalue weighted by molar-refractivity contribution is 7.89. The molecule has 1 aliphatic heterocycles. The zero-order valence-electron chi connectivity index (χ0n) is 15.7. The summed E-state index contributed by atoms with van der Waals surface area (Å²) in [4.78, 5) is 23.0. The number of hydrogen-bond donors (Lipinski definition) is 1.